The SMILES string of the molecule is COc1cc(/C=C2/SC(=O)N(CCCc3ccccc3)C2=O)cc(I)c1OCc1ccc(I)cc1. The first kappa shape index (κ1) is 26.0. The lowest BCUT2D eigenvalue weighted by atomic mass is 10.1. The molecule has 4 rings (SSSR count). The molecule has 3 aromatic rings. The topological polar surface area (TPSA) is 55.8 Å². The first-order valence-corrected chi connectivity index (χ1v) is 14.0. The molecule has 2 amide bonds. The zero-order valence-corrected chi connectivity index (χ0v) is 24.1. The van der Waals surface area contributed by atoms with E-state index in [0.717, 1.165) is 39.3 Å². The Kier molecular flexibility index (Phi) is 9.12. The van der Waals surface area contributed by atoms with Gasteiger partial charge in [0.05, 0.1) is 15.6 Å². The van der Waals surface area contributed by atoms with Crippen LogP contribution in [-0.2, 0) is 17.8 Å². The Balaban J connectivity index is 1.44. The molecule has 0 spiro atoms. The standard InChI is InChI=1S/C27H23I2NO4S/c1-33-23-15-20(14-22(29)25(23)34-17-19-9-11-21(28)12-10-19)16-24-26(31)30(27(32)35-24)13-5-8-18-6-3-2-4-7-18/h2-4,6-7,9-12,14-16H,5,8,13,17H2,1H3/b24-16+. The average molecular weight is 711 g/mol. The molecule has 0 bridgehead atoms. The number of hydrogen-bond acceptors (Lipinski definition) is 5. The number of rotatable bonds is 9. The molecule has 1 saturated heterocycles. The van der Waals surface area contributed by atoms with Crippen molar-refractivity contribution in [3.63, 3.8) is 0 Å². The molecular weight excluding hydrogens is 688 g/mol. The molecule has 0 N–H and O–H groups in total. The van der Waals surface area contributed by atoms with Gasteiger partial charge in [-0.15, -0.1) is 0 Å². The lowest BCUT2D eigenvalue weighted by Crippen LogP contribution is -2.29. The molecule has 0 saturated carbocycles. The summed E-state index contributed by atoms with van der Waals surface area (Å²) < 4.78 is 13.7. The van der Waals surface area contributed by atoms with Crippen LogP contribution in [0.5, 0.6) is 11.5 Å². The van der Waals surface area contributed by atoms with E-state index >= 15 is 0 Å². The second-order valence-corrected chi connectivity index (χ2v) is 11.3. The third kappa shape index (κ3) is 6.79. The number of methoxy groups -OCH3 is 1. The fourth-order valence-electron chi connectivity index (χ4n) is 3.63. The Labute approximate surface area is 236 Å². The number of hydrogen-bond donors (Lipinski definition) is 0. The third-order valence-corrected chi connectivity index (χ3v) is 7.84. The largest absolute Gasteiger partial charge is 0.493 e. The lowest BCUT2D eigenvalue weighted by Gasteiger charge is -2.14. The molecule has 1 fully saturated rings. The maximum absolute atomic E-state index is 12.9. The van der Waals surface area contributed by atoms with Crippen LogP contribution < -0.4 is 9.47 Å². The van der Waals surface area contributed by atoms with E-state index in [2.05, 4.69) is 57.3 Å². The molecule has 5 nitrogen and oxygen atoms in total. The molecule has 0 aromatic heterocycles. The average Bonchev–Trinajstić information content (AvgIpc) is 3.12. The van der Waals surface area contributed by atoms with E-state index in [1.54, 1.807) is 13.2 Å². The Morgan fingerprint density at radius 2 is 1.71 bits per heavy atom. The third-order valence-electron chi connectivity index (χ3n) is 5.41. The second kappa shape index (κ2) is 12.3. The summed E-state index contributed by atoms with van der Waals surface area (Å²) in [5.74, 6) is 0.981. The summed E-state index contributed by atoms with van der Waals surface area (Å²) in [5.41, 5.74) is 3.04. The van der Waals surface area contributed by atoms with Crippen molar-refractivity contribution in [1.29, 1.82) is 0 Å². The van der Waals surface area contributed by atoms with Crippen LogP contribution in [0.2, 0.25) is 0 Å². The van der Waals surface area contributed by atoms with Gasteiger partial charge in [-0.2, -0.15) is 0 Å². The van der Waals surface area contributed by atoms with E-state index in [1.807, 2.05) is 54.6 Å². The van der Waals surface area contributed by atoms with Crippen molar-refractivity contribution in [2.45, 2.75) is 19.4 Å². The van der Waals surface area contributed by atoms with E-state index in [-0.39, 0.29) is 11.1 Å². The van der Waals surface area contributed by atoms with Crippen molar-refractivity contribution in [2.75, 3.05) is 13.7 Å². The molecule has 180 valence electrons. The van der Waals surface area contributed by atoms with E-state index in [4.69, 9.17) is 9.47 Å². The highest BCUT2D eigenvalue weighted by molar-refractivity contribution is 14.1. The van der Waals surface area contributed by atoms with Crippen molar-refractivity contribution < 1.29 is 19.1 Å². The molecule has 1 heterocycles. The van der Waals surface area contributed by atoms with Crippen molar-refractivity contribution in [3.8, 4) is 11.5 Å². The van der Waals surface area contributed by atoms with Gasteiger partial charge in [-0.1, -0.05) is 42.5 Å². The zero-order valence-electron chi connectivity index (χ0n) is 19.0. The van der Waals surface area contributed by atoms with Crippen molar-refractivity contribution >= 4 is 74.2 Å². The first-order chi connectivity index (χ1) is 16.9. The van der Waals surface area contributed by atoms with Crippen LogP contribution in [-0.4, -0.2) is 29.7 Å². The minimum Gasteiger partial charge on any atom is -0.493 e. The van der Waals surface area contributed by atoms with Crippen LogP contribution in [0.3, 0.4) is 0 Å². The maximum Gasteiger partial charge on any atom is 0.293 e. The van der Waals surface area contributed by atoms with Gasteiger partial charge < -0.3 is 9.47 Å². The van der Waals surface area contributed by atoms with Gasteiger partial charge in [0.15, 0.2) is 11.5 Å². The fraction of sp³-hybridized carbons (Fsp3) is 0.185. The molecule has 1 aliphatic rings. The Morgan fingerprint density at radius 1 is 0.971 bits per heavy atom. The zero-order chi connectivity index (χ0) is 24.8. The summed E-state index contributed by atoms with van der Waals surface area (Å²) in [7, 11) is 1.59. The van der Waals surface area contributed by atoms with Gasteiger partial charge in [-0.05, 0) is 117 Å². The number of carbonyl (C=O) groups excluding carboxylic acids is 2. The van der Waals surface area contributed by atoms with Gasteiger partial charge in [0.25, 0.3) is 11.1 Å². The summed E-state index contributed by atoms with van der Waals surface area (Å²) in [5, 5.41) is -0.228. The molecule has 35 heavy (non-hydrogen) atoms. The quantitative estimate of drug-likeness (QED) is 0.175. The summed E-state index contributed by atoms with van der Waals surface area (Å²) in [6.45, 7) is 0.827. The predicted octanol–water partition coefficient (Wildman–Crippen LogP) is 7.15. The summed E-state index contributed by atoms with van der Waals surface area (Å²) in [6.07, 6.45) is 3.30. The summed E-state index contributed by atoms with van der Waals surface area (Å²) in [6, 6.07) is 22.0. The van der Waals surface area contributed by atoms with Gasteiger partial charge in [0.1, 0.15) is 6.61 Å². The Morgan fingerprint density at radius 3 is 2.43 bits per heavy atom. The van der Waals surface area contributed by atoms with E-state index in [9.17, 15) is 9.59 Å². The highest BCUT2D eigenvalue weighted by Gasteiger charge is 2.34. The minimum absolute atomic E-state index is 0.228. The van der Waals surface area contributed by atoms with Gasteiger partial charge in [0.2, 0.25) is 0 Å². The number of nitrogens with zero attached hydrogens (tertiary/aromatic N) is 1. The molecule has 3 aromatic carbocycles. The maximum atomic E-state index is 12.9. The fourth-order valence-corrected chi connectivity index (χ4v) is 5.64. The highest BCUT2D eigenvalue weighted by Crippen LogP contribution is 2.37. The molecule has 8 heteroatoms. The minimum atomic E-state index is -0.249. The van der Waals surface area contributed by atoms with Crippen LogP contribution in [0.25, 0.3) is 6.08 Å². The molecule has 0 atom stereocenters. The van der Waals surface area contributed by atoms with Crippen LogP contribution in [0.4, 0.5) is 4.79 Å². The van der Waals surface area contributed by atoms with Gasteiger partial charge in [-0.3, -0.25) is 14.5 Å². The number of halogens is 2. The molecule has 0 radical (unpaired) electrons. The van der Waals surface area contributed by atoms with E-state index in [0.29, 0.717) is 29.6 Å². The Bertz CT molecular complexity index is 1250. The molecular formula is C27H23I2NO4S. The molecule has 1 aliphatic heterocycles. The normalized spacial score (nSPS) is 14.6. The predicted molar refractivity (Wildman–Crippen MR) is 157 cm³/mol. The van der Waals surface area contributed by atoms with Crippen molar-refractivity contribution in [2.24, 2.45) is 0 Å². The number of benzene rings is 3. The number of aryl methyl sites for hydroxylation is 1. The monoisotopic (exact) mass is 711 g/mol. The lowest BCUT2D eigenvalue weighted by molar-refractivity contribution is -0.122. The highest BCUT2D eigenvalue weighted by atomic mass is 127. The van der Waals surface area contributed by atoms with Crippen molar-refractivity contribution in [3.05, 3.63) is 95.5 Å². The summed E-state index contributed by atoms with van der Waals surface area (Å²) in [4.78, 5) is 27.2. The number of thioether (sulfide) groups is 1. The number of amides is 2. The van der Waals surface area contributed by atoms with Crippen LogP contribution in [0, 0.1) is 7.14 Å². The van der Waals surface area contributed by atoms with Crippen LogP contribution in [0.15, 0.2) is 71.6 Å². The van der Waals surface area contributed by atoms with Crippen LogP contribution in [0.1, 0.15) is 23.1 Å². The molecule has 0 aliphatic carbocycles. The van der Waals surface area contributed by atoms with E-state index in [1.165, 1.54) is 14.0 Å². The van der Waals surface area contributed by atoms with Crippen LogP contribution >= 0.6 is 56.9 Å². The smallest absolute Gasteiger partial charge is 0.293 e. The second-order valence-electron chi connectivity index (χ2n) is 7.87. The van der Waals surface area contributed by atoms with E-state index < -0.39 is 0 Å². The van der Waals surface area contributed by atoms with Gasteiger partial charge in [-0.25, -0.2) is 0 Å². The summed E-state index contributed by atoms with van der Waals surface area (Å²) >= 11 is 5.45. The Hall–Kier alpha value is -2.05. The first-order valence-electron chi connectivity index (χ1n) is 11.0. The van der Waals surface area contributed by atoms with Gasteiger partial charge >= 0.3 is 0 Å². The molecule has 0 unspecified atom stereocenters. The van der Waals surface area contributed by atoms with Crippen molar-refractivity contribution in [1.82, 2.24) is 4.90 Å². The number of carbonyl (C=O) groups is 2. The number of imide groups is 1. The number of ether oxygens (including phenoxy) is 2. The van der Waals surface area contributed by atoms with Gasteiger partial charge in [0, 0.05) is 10.1 Å².